The second kappa shape index (κ2) is 7.70. The van der Waals surface area contributed by atoms with Crippen LogP contribution in [-0.2, 0) is 0 Å². The summed E-state index contributed by atoms with van der Waals surface area (Å²) in [6.45, 7) is 0. The molecule has 0 saturated carbocycles. The molecule has 0 heterocycles. The normalized spacial score (nSPS) is 8.47. The summed E-state index contributed by atoms with van der Waals surface area (Å²) in [6.07, 6.45) is 0.744. The van der Waals surface area contributed by atoms with Crippen molar-refractivity contribution in [1.29, 1.82) is 0 Å². The Balaban J connectivity index is 0.000000583. The molecule has 0 aliphatic heterocycles. The highest BCUT2D eigenvalue weighted by atomic mass is 16.1. The molecule has 0 spiro atoms. The molecule has 1 aromatic rings. The summed E-state index contributed by atoms with van der Waals surface area (Å²) in [5.41, 5.74) is 1.13. The van der Waals surface area contributed by atoms with Crippen LogP contribution in [0.5, 0.6) is 0 Å². The highest BCUT2D eigenvalue weighted by molar-refractivity contribution is 5.94. The number of nitrogens with one attached hydrogen (secondary N) is 2. The number of carbonyl (C=O) groups is 2. The van der Waals surface area contributed by atoms with E-state index in [-0.39, 0.29) is 5.91 Å². The zero-order valence-electron chi connectivity index (χ0n) is 9.20. The second-order valence-corrected chi connectivity index (χ2v) is 2.82. The monoisotopic (exact) mass is 208 g/mol. The first kappa shape index (κ1) is 13.3. The van der Waals surface area contributed by atoms with Gasteiger partial charge in [0, 0.05) is 18.2 Å². The smallest absolute Gasteiger partial charge is 0.251 e. The van der Waals surface area contributed by atoms with E-state index in [0.29, 0.717) is 11.1 Å². The maximum Gasteiger partial charge on any atom is 0.251 e. The van der Waals surface area contributed by atoms with Gasteiger partial charge < -0.3 is 10.6 Å². The van der Waals surface area contributed by atoms with Crippen LogP contribution in [0.15, 0.2) is 24.3 Å². The predicted molar refractivity (Wildman–Crippen MR) is 60.2 cm³/mol. The lowest BCUT2D eigenvalue weighted by Gasteiger charge is -1.98. The minimum absolute atomic E-state index is 0.146. The number of carbonyl (C=O) groups excluding carboxylic acids is 2. The molecule has 0 fully saturated rings. The fraction of sp³-hybridized carbons (Fsp3) is 0.273. The van der Waals surface area contributed by atoms with Crippen LogP contribution in [0.1, 0.15) is 20.7 Å². The van der Waals surface area contributed by atoms with Crippen LogP contribution < -0.4 is 10.6 Å². The highest BCUT2D eigenvalue weighted by Gasteiger charge is 2.00. The number of benzene rings is 1. The average Bonchev–Trinajstić information content (AvgIpc) is 2.29. The highest BCUT2D eigenvalue weighted by Crippen LogP contribution is 2.01. The first-order chi connectivity index (χ1) is 7.19. The molecule has 2 N–H and O–H groups in total. The Morgan fingerprint density at radius 1 is 1.13 bits per heavy atom. The third-order valence-electron chi connectivity index (χ3n) is 1.54. The van der Waals surface area contributed by atoms with Gasteiger partial charge in [-0.1, -0.05) is 12.1 Å². The number of rotatable bonds is 2. The van der Waals surface area contributed by atoms with Gasteiger partial charge in [-0.05, 0) is 26.2 Å². The van der Waals surface area contributed by atoms with Crippen LogP contribution in [0.25, 0.3) is 0 Å². The fourth-order valence-corrected chi connectivity index (χ4v) is 0.857. The molecular formula is C11H16N2O2. The van der Waals surface area contributed by atoms with Gasteiger partial charge in [0.1, 0.15) is 6.29 Å². The summed E-state index contributed by atoms with van der Waals surface area (Å²) in [4.78, 5) is 21.3. The average molecular weight is 208 g/mol. The molecule has 4 nitrogen and oxygen atoms in total. The summed E-state index contributed by atoms with van der Waals surface area (Å²) in [6, 6.07) is 6.44. The first-order valence-electron chi connectivity index (χ1n) is 4.55. The van der Waals surface area contributed by atoms with E-state index >= 15 is 0 Å². The van der Waals surface area contributed by atoms with Crippen molar-refractivity contribution in [2.75, 3.05) is 21.1 Å². The van der Waals surface area contributed by atoms with Gasteiger partial charge in [-0.3, -0.25) is 9.59 Å². The van der Waals surface area contributed by atoms with Crippen molar-refractivity contribution in [3.63, 3.8) is 0 Å². The number of hydrogen-bond donors (Lipinski definition) is 2. The molecule has 0 aromatic heterocycles. The largest absolute Gasteiger partial charge is 0.355 e. The van der Waals surface area contributed by atoms with Crippen LogP contribution in [0.4, 0.5) is 0 Å². The van der Waals surface area contributed by atoms with E-state index < -0.39 is 0 Å². The van der Waals surface area contributed by atoms with E-state index in [1.807, 2.05) is 14.1 Å². The van der Waals surface area contributed by atoms with E-state index in [0.717, 1.165) is 6.29 Å². The van der Waals surface area contributed by atoms with Crippen molar-refractivity contribution in [3.8, 4) is 0 Å². The van der Waals surface area contributed by atoms with Crippen LogP contribution in [-0.4, -0.2) is 33.3 Å². The SMILES string of the molecule is CNC.CNC(=O)c1ccc(C=O)cc1. The van der Waals surface area contributed by atoms with Crippen LogP contribution in [0.2, 0.25) is 0 Å². The maximum atomic E-state index is 11.0. The fourth-order valence-electron chi connectivity index (χ4n) is 0.857. The van der Waals surface area contributed by atoms with Gasteiger partial charge in [0.25, 0.3) is 5.91 Å². The lowest BCUT2D eigenvalue weighted by molar-refractivity contribution is 0.0962. The topological polar surface area (TPSA) is 58.2 Å². The van der Waals surface area contributed by atoms with Crippen molar-refractivity contribution < 1.29 is 9.59 Å². The second-order valence-electron chi connectivity index (χ2n) is 2.82. The lowest BCUT2D eigenvalue weighted by Crippen LogP contribution is -2.17. The Kier molecular flexibility index (Phi) is 6.84. The molecule has 1 amide bonds. The molecule has 0 bridgehead atoms. The third kappa shape index (κ3) is 4.93. The number of hydrogen-bond acceptors (Lipinski definition) is 3. The Morgan fingerprint density at radius 3 is 1.93 bits per heavy atom. The van der Waals surface area contributed by atoms with Gasteiger partial charge in [0.15, 0.2) is 0 Å². The van der Waals surface area contributed by atoms with Gasteiger partial charge in [-0.25, -0.2) is 0 Å². The summed E-state index contributed by atoms with van der Waals surface area (Å²) in [5, 5.41) is 5.24. The molecule has 1 aromatic carbocycles. The summed E-state index contributed by atoms with van der Waals surface area (Å²) in [7, 11) is 5.32. The summed E-state index contributed by atoms with van der Waals surface area (Å²) >= 11 is 0. The van der Waals surface area contributed by atoms with Crippen LogP contribution in [0.3, 0.4) is 0 Å². The molecule has 0 atom stereocenters. The quantitative estimate of drug-likeness (QED) is 0.703. The Bertz CT molecular complexity index is 307. The van der Waals surface area contributed by atoms with Gasteiger partial charge in [0.2, 0.25) is 0 Å². The Morgan fingerprint density at radius 2 is 1.60 bits per heavy atom. The van der Waals surface area contributed by atoms with Crippen molar-refractivity contribution >= 4 is 12.2 Å². The number of aldehydes is 1. The van der Waals surface area contributed by atoms with E-state index in [1.54, 1.807) is 31.3 Å². The number of amides is 1. The van der Waals surface area contributed by atoms with E-state index in [9.17, 15) is 9.59 Å². The molecule has 0 saturated heterocycles. The molecular weight excluding hydrogens is 192 g/mol. The van der Waals surface area contributed by atoms with Crippen molar-refractivity contribution in [2.45, 2.75) is 0 Å². The summed E-state index contributed by atoms with van der Waals surface area (Å²) in [5.74, 6) is -0.146. The molecule has 0 aliphatic carbocycles. The first-order valence-corrected chi connectivity index (χ1v) is 4.55. The van der Waals surface area contributed by atoms with E-state index in [2.05, 4.69) is 10.6 Å². The van der Waals surface area contributed by atoms with E-state index in [4.69, 9.17) is 0 Å². The van der Waals surface area contributed by atoms with Crippen molar-refractivity contribution in [1.82, 2.24) is 10.6 Å². The van der Waals surface area contributed by atoms with Gasteiger partial charge in [-0.2, -0.15) is 0 Å². The van der Waals surface area contributed by atoms with E-state index in [1.165, 1.54) is 0 Å². The Hall–Kier alpha value is -1.68. The standard InChI is InChI=1S/C9H9NO2.C2H7N/c1-10-9(12)8-4-2-7(6-11)3-5-8;1-3-2/h2-6H,1H3,(H,10,12);3H,1-2H3. The van der Waals surface area contributed by atoms with Gasteiger partial charge >= 0.3 is 0 Å². The zero-order valence-corrected chi connectivity index (χ0v) is 9.20. The predicted octanol–water partition coefficient (Wildman–Crippen LogP) is 0.694. The zero-order chi connectivity index (χ0) is 11.7. The van der Waals surface area contributed by atoms with Crippen molar-refractivity contribution in [2.24, 2.45) is 0 Å². The molecule has 1 rings (SSSR count). The minimum Gasteiger partial charge on any atom is -0.355 e. The molecule has 0 unspecified atom stereocenters. The van der Waals surface area contributed by atoms with Crippen LogP contribution >= 0.6 is 0 Å². The van der Waals surface area contributed by atoms with Gasteiger partial charge in [-0.15, -0.1) is 0 Å². The maximum absolute atomic E-state index is 11.0. The minimum atomic E-state index is -0.146. The molecule has 4 heteroatoms. The lowest BCUT2D eigenvalue weighted by atomic mass is 10.1. The molecule has 15 heavy (non-hydrogen) atoms. The van der Waals surface area contributed by atoms with Crippen LogP contribution in [0, 0.1) is 0 Å². The van der Waals surface area contributed by atoms with Crippen molar-refractivity contribution in [3.05, 3.63) is 35.4 Å². The molecule has 0 aliphatic rings. The van der Waals surface area contributed by atoms with Gasteiger partial charge in [0.05, 0.1) is 0 Å². The summed E-state index contributed by atoms with van der Waals surface area (Å²) < 4.78 is 0. The Labute approximate surface area is 89.7 Å². The third-order valence-corrected chi connectivity index (χ3v) is 1.54. The molecule has 82 valence electrons. The molecule has 0 radical (unpaired) electrons.